The SMILES string of the molecule is COc1cccc(N2C(=O)C3NN=C(C(=O)OC(C)C)C3C2=O)c1. The molecule has 8 nitrogen and oxygen atoms in total. The predicted molar refractivity (Wildman–Crippen MR) is 84.6 cm³/mol. The van der Waals surface area contributed by atoms with Crippen LogP contribution in [0.3, 0.4) is 0 Å². The summed E-state index contributed by atoms with van der Waals surface area (Å²) in [5.74, 6) is -2.13. The van der Waals surface area contributed by atoms with Crippen molar-refractivity contribution in [3.8, 4) is 5.75 Å². The molecule has 2 amide bonds. The Morgan fingerprint density at radius 1 is 1.29 bits per heavy atom. The largest absolute Gasteiger partial charge is 0.497 e. The molecule has 0 bridgehead atoms. The Hall–Kier alpha value is -2.90. The summed E-state index contributed by atoms with van der Waals surface area (Å²) in [6.45, 7) is 3.39. The number of nitrogens with zero attached hydrogens (tertiary/aromatic N) is 2. The number of hydrogen-bond acceptors (Lipinski definition) is 7. The zero-order chi connectivity index (χ0) is 17.4. The maximum atomic E-state index is 12.7. The fourth-order valence-corrected chi connectivity index (χ4v) is 2.74. The van der Waals surface area contributed by atoms with Gasteiger partial charge < -0.3 is 9.47 Å². The molecule has 8 heteroatoms. The van der Waals surface area contributed by atoms with Crippen LogP contribution < -0.4 is 15.1 Å². The van der Waals surface area contributed by atoms with Crippen LogP contribution in [0.4, 0.5) is 5.69 Å². The van der Waals surface area contributed by atoms with E-state index in [1.54, 1.807) is 38.1 Å². The van der Waals surface area contributed by atoms with Crippen molar-refractivity contribution in [2.45, 2.75) is 26.0 Å². The minimum atomic E-state index is -0.977. The zero-order valence-electron chi connectivity index (χ0n) is 13.5. The molecule has 0 aliphatic carbocycles. The van der Waals surface area contributed by atoms with Crippen molar-refractivity contribution in [1.29, 1.82) is 0 Å². The average Bonchev–Trinajstić information content (AvgIpc) is 3.08. The van der Waals surface area contributed by atoms with Gasteiger partial charge in [-0.3, -0.25) is 15.0 Å². The Labute approximate surface area is 138 Å². The number of anilines is 1. The van der Waals surface area contributed by atoms with Crippen LogP contribution in [0.2, 0.25) is 0 Å². The van der Waals surface area contributed by atoms with Gasteiger partial charge in [0.2, 0.25) is 5.91 Å². The van der Waals surface area contributed by atoms with Crippen LogP contribution in [-0.2, 0) is 19.1 Å². The number of methoxy groups -OCH3 is 1. The lowest BCUT2D eigenvalue weighted by Gasteiger charge is -2.16. The summed E-state index contributed by atoms with van der Waals surface area (Å²) in [5.41, 5.74) is 2.89. The van der Waals surface area contributed by atoms with Crippen LogP contribution in [0.1, 0.15) is 13.8 Å². The molecule has 2 aliphatic heterocycles. The molecule has 0 saturated carbocycles. The molecule has 1 N–H and O–H groups in total. The highest BCUT2D eigenvalue weighted by Crippen LogP contribution is 2.32. The van der Waals surface area contributed by atoms with E-state index in [9.17, 15) is 14.4 Å². The van der Waals surface area contributed by atoms with Crippen LogP contribution in [0.5, 0.6) is 5.75 Å². The Morgan fingerprint density at radius 2 is 2.04 bits per heavy atom. The van der Waals surface area contributed by atoms with Gasteiger partial charge in [0.15, 0.2) is 5.71 Å². The normalized spacial score (nSPS) is 22.3. The molecule has 126 valence electrons. The molecule has 2 heterocycles. The van der Waals surface area contributed by atoms with E-state index < -0.39 is 29.7 Å². The third-order valence-electron chi connectivity index (χ3n) is 3.79. The van der Waals surface area contributed by atoms with Crippen molar-refractivity contribution < 1.29 is 23.9 Å². The monoisotopic (exact) mass is 331 g/mol. The van der Waals surface area contributed by atoms with Crippen molar-refractivity contribution in [1.82, 2.24) is 5.43 Å². The van der Waals surface area contributed by atoms with Gasteiger partial charge in [-0.1, -0.05) is 6.07 Å². The number of carbonyl (C=O) groups excluding carboxylic acids is 3. The molecule has 2 unspecified atom stereocenters. The number of hydrazone groups is 1. The zero-order valence-corrected chi connectivity index (χ0v) is 13.5. The van der Waals surface area contributed by atoms with Gasteiger partial charge in [0, 0.05) is 6.07 Å². The van der Waals surface area contributed by atoms with E-state index in [4.69, 9.17) is 9.47 Å². The van der Waals surface area contributed by atoms with Gasteiger partial charge >= 0.3 is 5.97 Å². The van der Waals surface area contributed by atoms with Crippen molar-refractivity contribution in [3.05, 3.63) is 24.3 Å². The van der Waals surface area contributed by atoms with Crippen LogP contribution in [0.25, 0.3) is 0 Å². The number of nitrogens with one attached hydrogen (secondary N) is 1. The highest BCUT2D eigenvalue weighted by molar-refractivity contribution is 6.46. The molecule has 1 fully saturated rings. The van der Waals surface area contributed by atoms with E-state index in [2.05, 4.69) is 10.5 Å². The number of carbonyl (C=O) groups is 3. The highest BCUT2D eigenvalue weighted by atomic mass is 16.5. The lowest BCUT2D eigenvalue weighted by Crippen LogP contribution is -2.36. The van der Waals surface area contributed by atoms with Crippen LogP contribution >= 0.6 is 0 Å². The molecular weight excluding hydrogens is 314 g/mol. The minimum absolute atomic E-state index is 0.0718. The Kier molecular flexibility index (Phi) is 3.96. The number of imide groups is 1. The number of benzene rings is 1. The lowest BCUT2D eigenvalue weighted by molar-refractivity contribution is -0.139. The summed E-state index contributed by atoms with van der Waals surface area (Å²) in [5, 5.41) is 3.83. The summed E-state index contributed by atoms with van der Waals surface area (Å²) in [6.07, 6.45) is -0.346. The number of rotatable bonds is 4. The van der Waals surface area contributed by atoms with Crippen molar-refractivity contribution in [2.24, 2.45) is 11.0 Å². The first-order valence-corrected chi connectivity index (χ1v) is 7.50. The molecule has 0 aromatic heterocycles. The second kappa shape index (κ2) is 5.95. The van der Waals surface area contributed by atoms with Crippen LogP contribution in [0, 0.1) is 5.92 Å². The van der Waals surface area contributed by atoms with Gasteiger partial charge in [-0.15, -0.1) is 0 Å². The van der Waals surface area contributed by atoms with Crippen molar-refractivity contribution in [2.75, 3.05) is 12.0 Å². The molecule has 1 aromatic rings. The molecule has 24 heavy (non-hydrogen) atoms. The second-order valence-corrected chi connectivity index (χ2v) is 5.75. The lowest BCUT2D eigenvalue weighted by atomic mass is 9.99. The van der Waals surface area contributed by atoms with E-state index in [0.29, 0.717) is 11.4 Å². The predicted octanol–water partition coefficient (Wildman–Crippen LogP) is 0.464. The van der Waals surface area contributed by atoms with Gasteiger partial charge in [0.25, 0.3) is 5.91 Å². The Bertz CT molecular complexity index is 743. The van der Waals surface area contributed by atoms with Gasteiger partial charge in [-0.25, -0.2) is 9.69 Å². The van der Waals surface area contributed by atoms with E-state index in [1.165, 1.54) is 7.11 Å². The second-order valence-electron chi connectivity index (χ2n) is 5.75. The molecule has 1 aromatic carbocycles. The summed E-state index contributed by atoms with van der Waals surface area (Å²) < 4.78 is 10.2. The van der Waals surface area contributed by atoms with Crippen molar-refractivity contribution in [3.63, 3.8) is 0 Å². The summed E-state index contributed by atoms with van der Waals surface area (Å²) >= 11 is 0. The Morgan fingerprint density at radius 3 is 2.71 bits per heavy atom. The summed E-state index contributed by atoms with van der Waals surface area (Å²) in [4.78, 5) is 38.4. The van der Waals surface area contributed by atoms with Crippen molar-refractivity contribution >= 4 is 29.2 Å². The topological polar surface area (TPSA) is 97.3 Å². The maximum absolute atomic E-state index is 12.7. The standard InChI is InChI=1S/C16H17N3O5/c1-8(2)24-16(22)13-11-12(17-18-13)15(21)19(14(11)20)9-5-4-6-10(7-9)23-3/h4-8,11-12,17H,1-3H3. The number of ether oxygens (including phenoxy) is 2. The maximum Gasteiger partial charge on any atom is 0.355 e. The molecule has 0 spiro atoms. The summed E-state index contributed by atoms with van der Waals surface area (Å²) in [7, 11) is 1.50. The number of hydrogen-bond donors (Lipinski definition) is 1. The van der Waals surface area contributed by atoms with Gasteiger partial charge in [-0.2, -0.15) is 5.10 Å². The summed E-state index contributed by atoms with van der Waals surface area (Å²) in [6, 6.07) is 5.71. The first kappa shape index (κ1) is 16.0. The molecule has 1 saturated heterocycles. The number of fused-ring (bicyclic) bond motifs is 1. The molecule has 0 radical (unpaired) electrons. The first-order valence-electron chi connectivity index (χ1n) is 7.50. The smallest absolute Gasteiger partial charge is 0.355 e. The van der Waals surface area contributed by atoms with E-state index >= 15 is 0 Å². The van der Waals surface area contributed by atoms with E-state index in [0.717, 1.165) is 4.90 Å². The third-order valence-corrected chi connectivity index (χ3v) is 3.79. The van der Waals surface area contributed by atoms with Gasteiger partial charge in [0.05, 0.1) is 18.9 Å². The molecule has 2 atom stereocenters. The third kappa shape index (κ3) is 2.49. The Balaban J connectivity index is 1.90. The number of amides is 2. The molecule has 2 aliphatic rings. The highest BCUT2D eigenvalue weighted by Gasteiger charge is 2.55. The quantitative estimate of drug-likeness (QED) is 0.636. The first-order chi connectivity index (χ1) is 11.4. The van der Waals surface area contributed by atoms with Gasteiger partial charge in [0.1, 0.15) is 17.7 Å². The van der Waals surface area contributed by atoms with Crippen LogP contribution in [-0.4, -0.2) is 42.8 Å². The number of esters is 1. The fraction of sp³-hybridized carbons (Fsp3) is 0.375. The molecular formula is C16H17N3O5. The van der Waals surface area contributed by atoms with Crippen LogP contribution in [0.15, 0.2) is 29.4 Å². The fourth-order valence-electron chi connectivity index (χ4n) is 2.74. The minimum Gasteiger partial charge on any atom is -0.497 e. The van der Waals surface area contributed by atoms with E-state index in [1.807, 2.05) is 0 Å². The molecule has 3 rings (SSSR count). The van der Waals surface area contributed by atoms with Gasteiger partial charge in [-0.05, 0) is 26.0 Å². The average molecular weight is 331 g/mol. The van der Waals surface area contributed by atoms with E-state index in [-0.39, 0.29) is 11.8 Å².